The summed E-state index contributed by atoms with van der Waals surface area (Å²) in [5, 5.41) is 5.19. The van der Waals surface area contributed by atoms with Gasteiger partial charge < -0.3 is 0 Å². The summed E-state index contributed by atoms with van der Waals surface area (Å²) in [5.74, 6) is 0.473. The van der Waals surface area contributed by atoms with E-state index in [1.54, 1.807) is 16.7 Å². The van der Waals surface area contributed by atoms with E-state index < -0.39 is 0 Å². The van der Waals surface area contributed by atoms with E-state index in [1.807, 2.05) is 68.4 Å². The van der Waals surface area contributed by atoms with Crippen LogP contribution in [0.5, 0.6) is 0 Å². The maximum Gasteiger partial charge on any atom is 0.346 e. The summed E-state index contributed by atoms with van der Waals surface area (Å²) in [6.07, 6.45) is 0.309. The number of nitrogens with zero attached hydrogens (tertiary/aromatic N) is 3. The SMILES string of the molecule is Cc1cccc(Cn2c(-c3ccc(Cl)cc3)nn(CC(=O)CC(C)(C)c3cccc(C)c3)c2=O)c1. The molecule has 0 spiro atoms. The van der Waals surface area contributed by atoms with Gasteiger partial charge in [0.1, 0.15) is 6.54 Å². The van der Waals surface area contributed by atoms with Crippen molar-refractivity contribution in [1.29, 1.82) is 0 Å². The second-order valence-corrected chi connectivity index (χ2v) is 10.3. The molecule has 0 saturated carbocycles. The van der Waals surface area contributed by atoms with Gasteiger partial charge in [-0.15, -0.1) is 5.10 Å². The van der Waals surface area contributed by atoms with Crippen LogP contribution in [0.1, 0.15) is 42.5 Å². The van der Waals surface area contributed by atoms with E-state index in [0.29, 0.717) is 23.8 Å². The molecule has 0 aliphatic heterocycles. The minimum Gasteiger partial charge on any atom is -0.298 e. The van der Waals surface area contributed by atoms with E-state index in [4.69, 9.17) is 11.6 Å². The second-order valence-electron chi connectivity index (χ2n) is 9.81. The molecule has 0 unspecified atom stereocenters. The van der Waals surface area contributed by atoms with E-state index in [2.05, 4.69) is 25.0 Å². The van der Waals surface area contributed by atoms with E-state index in [1.165, 1.54) is 4.68 Å². The summed E-state index contributed by atoms with van der Waals surface area (Å²) < 4.78 is 2.91. The minimum absolute atomic E-state index is 0.0403. The van der Waals surface area contributed by atoms with Gasteiger partial charge in [0.2, 0.25) is 0 Å². The fourth-order valence-corrected chi connectivity index (χ4v) is 4.50. The van der Waals surface area contributed by atoms with Crippen LogP contribution in [-0.2, 0) is 23.3 Å². The first kappa shape index (κ1) is 24.7. The highest BCUT2D eigenvalue weighted by Crippen LogP contribution is 2.28. The summed E-state index contributed by atoms with van der Waals surface area (Å²) in [6, 6.07) is 23.4. The predicted molar refractivity (Wildman–Crippen MR) is 141 cm³/mol. The minimum atomic E-state index is -0.351. The lowest BCUT2D eigenvalue weighted by molar-refractivity contribution is -0.120. The van der Waals surface area contributed by atoms with E-state index in [9.17, 15) is 9.59 Å². The third-order valence-corrected chi connectivity index (χ3v) is 6.47. The molecule has 1 aromatic heterocycles. The second kappa shape index (κ2) is 10.0. The van der Waals surface area contributed by atoms with Crippen LogP contribution in [0.4, 0.5) is 0 Å². The van der Waals surface area contributed by atoms with Gasteiger partial charge in [-0.2, -0.15) is 0 Å². The maximum atomic E-state index is 13.4. The molecular weight excluding hydrogens is 458 g/mol. The van der Waals surface area contributed by atoms with Crippen molar-refractivity contribution in [2.45, 2.75) is 52.6 Å². The van der Waals surface area contributed by atoms with Crippen LogP contribution < -0.4 is 5.69 Å². The zero-order valence-corrected chi connectivity index (χ0v) is 21.3. The van der Waals surface area contributed by atoms with Gasteiger partial charge in [-0.1, -0.05) is 85.1 Å². The molecule has 0 aliphatic carbocycles. The molecular formula is C29H30ClN3O2. The number of hydrogen-bond acceptors (Lipinski definition) is 3. The van der Waals surface area contributed by atoms with Crippen LogP contribution >= 0.6 is 11.6 Å². The Morgan fingerprint density at radius 3 is 2.26 bits per heavy atom. The van der Waals surface area contributed by atoms with Crippen LogP contribution in [0.15, 0.2) is 77.6 Å². The summed E-state index contributed by atoms with van der Waals surface area (Å²) in [5.41, 5.74) is 4.48. The lowest BCUT2D eigenvalue weighted by Crippen LogP contribution is -2.30. The summed E-state index contributed by atoms with van der Waals surface area (Å²) in [7, 11) is 0. The normalized spacial score (nSPS) is 11.6. The lowest BCUT2D eigenvalue weighted by atomic mass is 9.79. The highest BCUT2D eigenvalue weighted by Gasteiger charge is 2.26. The van der Waals surface area contributed by atoms with Crippen molar-refractivity contribution >= 4 is 17.4 Å². The Morgan fingerprint density at radius 2 is 1.60 bits per heavy atom. The van der Waals surface area contributed by atoms with Crippen molar-refractivity contribution in [2.75, 3.05) is 0 Å². The molecule has 0 fully saturated rings. The number of halogens is 1. The third-order valence-electron chi connectivity index (χ3n) is 6.21. The average molecular weight is 488 g/mol. The summed E-state index contributed by atoms with van der Waals surface area (Å²) in [4.78, 5) is 26.5. The van der Waals surface area contributed by atoms with Crippen LogP contribution in [0.2, 0.25) is 5.02 Å². The van der Waals surface area contributed by atoms with Crippen molar-refractivity contribution in [1.82, 2.24) is 14.3 Å². The Balaban J connectivity index is 1.65. The van der Waals surface area contributed by atoms with Gasteiger partial charge in [-0.3, -0.25) is 9.36 Å². The van der Waals surface area contributed by atoms with Crippen molar-refractivity contribution in [3.05, 3.63) is 111 Å². The van der Waals surface area contributed by atoms with Gasteiger partial charge in [0, 0.05) is 17.0 Å². The monoisotopic (exact) mass is 487 g/mol. The van der Waals surface area contributed by atoms with Gasteiger partial charge in [-0.25, -0.2) is 9.48 Å². The fourth-order valence-electron chi connectivity index (χ4n) is 4.38. The Bertz CT molecular complexity index is 1410. The number of Topliss-reactive ketones (excluding diaryl/α,β-unsaturated/α-hetero) is 1. The Kier molecular flexibility index (Phi) is 7.08. The number of aromatic nitrogens is 3. The highest BCUT2D eigenvalue weighted by molar-refractivity contribution is 6.30. The van der Waals surface area contributed by atoms with Crippen molar-refractivity contribution in [3.63, 3.8) is 0 Å². The fraction of sp³-hybridized carbons (Fsp3) is 0.276. The Labute approximate surface area is 211 Å². The number of carbonyl (C=O) groups excluding carboxylic acids is 1. The van der Waals surface area contributed by atoms with Crippen LogP contribution in [0, 0.1) is 13.8 Å². The number of rotatable bonds is 8. The quantitative estimate of drug-likeness (QED) is 0.308. The number of carbonyl (C=O) groups is 1. The van der Waals surface area contributed by atoms with Crippen molar-refractivity contribution in [2.24, 2.45) is 0 Å². The number of ketones is 1. The first-order valence-corrected chi connectivity index (χ1v) is 12.1. The van der Waals surface area contributed by atoms with Crippen LogP contribution in [-0.4, -0.2) is 20.1 Å². The van der Waals surface area contributed by atoms with Gasteiger partial charge >= 0.3 is 5.69 Å². The molecule has 0 atom stereocenters. The summed E-state index contributed by atoms with van der Waals surface area (Å²) >= 11 is 6.07. The van der Waals surface area contributed by atoms with Crippen molar-refractivity contribution < 1.29 is 4.79 Å². The van der Waals surface area contributed by atoms with Gasteiger partial charge in [0.25, 0.3) is 0 Å². The number of aryl methyl sites for hydroxylation is 2. The van der Waals surface area contributed by atoms with Crippen molar-refractivity contribution in [3.8, 4) is 11.4 Å². The maximum absolute atomic E-state index is 13.4. The van der Waals surface area contributed by atoms with E-state index >= 15 is 0 Å². The molecule has 0 radical (unpaired) electrons. The standard InChI is InChI=1S/C29H30ClN3O2/c1-20-7-5-9-22(15-20)18-32-27(23-11-13-25(30)14-12-23)31-33(28(32)35)19-26(34)17-29(3,4)24-10-6-8-21(2)16-24/h5-16H,17-19H2,1-4H3. The molecule has 5 nitrogen and oxygen atoms in total. The Morgan fingerprint density at radius 1 is 0.943 bits per heavy atom. The van der Waals surface area contributed by atoms with Crippen LogP contribution in [0.25, 0.3) is 11.4 Å². The van der Waals surface area contributed by atoms with Gasteiger partial charge in [0.15, 0.2) is 11.6 Å². The Hall–Kier alpha value is -3.44. The number of hydrogen-bond donors (Lipinski definition) is 0. The zero-order valence-electron chi connectivity index (χ0n) is 20.6. The zero-order chi connectivity index (χ0) is 25.2. The predicted octanol–water partition coefficient (Wildman–Crippen LogP) is 5.97. The number of benzene rings is 3. The molecule has 0 aliphatic rings. The van der Waals surface area contributed by atoms with Gasteiger partial charge in [0.05, 0.1) is 6.54 Å². The summed E-state index contributed by atoms with van der Waals surface area (Å²) in [6.45, 7) is 8.46. The molecule has 6 heteroatoms. The molecule has 4 aromatic rings. The molecule has 0 N–H and O–H groups in total. The molecule has 35 heavy (non-hydrogen) atoms. The average Bonchev–Trinajstić information content (AvgIpc) is 3.09. The highest BCUT2D eigenvalue weighted by atomic mass is 35.5. The first-order chi connectivity index (χ1) is 16.6. The van der Waals surface area contributed by atoms with E-state index in [-0.39, 0.29) is 23.4 Å². The van der Waals surface area contributed by atoms with Crippen LogP contribution in [0.3, 0.4) is 0 Å². The molecule has 0 saturated heterocycles. The van der Waals surface area contributed by atoms with E-state index in [0.717, 1.165) is 27.8 Å². The van der Waals surface area contributed by atoms with Gasteiger partial charge in [-0.05, 0) is 54.7 Å². The first-order valence-electron chi connectivity index (χ1n) is 11.7. The molecule has 3 aromatic carbocycles. The third kappa shape index (κ3) is 5.80. The molecule has 0 amide bonds. The molecule has 4 rings (SSSR count). The molecule has 180 valence electrons. The topological polar surface area (TPSA) is 56.9 Å². The largest absolute Gasteiger partial charge is 0.346 e. The lowest BCUT2D eigenvalue weighted by Gasteiger charge is -2.24. The smallest absolute Gasteiger partial charge is 0.298 e. The molecule has 1 heterocycles. The molecule has 0 bridgehead atoms.